The molecule has 3 N–H and O–H groups in total. The third kappa shape index (κ3) is 4.02. The first-order chi connectivity index (χ1) is 10.9. The van der Waals surface area contributed by atoms with Gasteiger partial charge in [0.2, 0.25) is 0 Å². The molecule has 1 aliphatic carbocycles. The molecule has 1 unspecified atom stereocenters. The summed E-state index contributed by atoms with van der Waals surface area (Å²) < 4.78 is 2.27. The van der Waals surface area contributed by atoms with Crippen LogP contribution in [0.5, 0.6) is 0 Å². The zero-order valence-electron chi connectivity index (χ0n) is 13.9. The summed E-state index contributed by atoms with van der Waals surface area (Å²) in [5.41, 5.74) is 5.38. The molecule has 2 heterocycles. The average molecular weight is 390 g/mol. The molecule has 3 rings (SSSR count). The number of carbonyl (C=O) groups excluding carboxylic acids is 1. The van der Waals surface area contributed by atoms with Crippen LogP contribution in [0.4, 0.5) is 0 Å². The SMILES string of the molecule is Cl.Cl.Cn1c(=O)c2ccc(C(=O)NCC(N)C3CC3)nc2n(C)c1=O. The number of carbonyl (C=O) groups is 1. The van der Waals surface area contributed by atoms with Crippen LogP contribution in [0.3, 0.4) is 0 Å². The van der Waals surface area contributed by atoms with Gasteiger partial charge in [-0.3, -0.25) is 18.7 Å². The van der Waals surface area contributed by atoms with Gasteiger partial charge < -0.3 is 11.1 Å². The number of halogens is 2. The molecular formula is C15H21Cl2N5O3. The molecule has 1 fully saturated rings. The Labute approximate surface area is 156 Å². The Bertz CT molecular complexity index is 904. The molecule has 8 nitrogen and oxygen atoms in total. The van der Waals surface area contributed by atoms with Crippen LogP contribution in [0.2, 0.25) is 0 Å². The standard InChI is InChI=1S/C15H19N5O3.2ClH/c1-19-12-9(14(22)20(2)15(19)23)5-6-11(18-12)13(21)17-7-10(16)8-3-4-8;;/h5-6,8,10H,3-4,7,16H2,1-2H3,(H,17,21);2*1H. The Morgan fingerprint density at radius 3 is 2.52 bits per heavy atom. The van der Waals surface area contributed by atoms with Gasteiger partial charge in [-0.05, 0) is 30.9 Å². The van der Waals surface area contributed by atoms with Gasteiger partial charge in [0.15, 0.2) is 0 Å². The van der Waals surface area contributed by atoms with Gasteiger partial charge in [0.05, 0.1) is 5.39 Å². The number of aromatic nitrogens is 3. The second-order valence-corrected chi connectivity index (χ2v) is 5.98. The topological polar surface area (TPSA) is 112 Å². The summed E-state index contributed by atoms with van der Waals surface area (Å²) in [6, 6.07) is 2.95. The molecule has 0 aliphatic heterocycles. The lowest BCUT2D eigenvalue weighted by Gasteiger charge is -2.12. The Hall–Kier alpha value is -1.90. The lowest BCUT2D eigenvalue weighted by Crippen LogP contribution is -2.39. The van der Waals surface area contributed by atoms with Gasteiger partial charge in [-0.2, -0.15) is 0 Å². The predicted octanol–water partition coefficient (Wildman–Crippen LogP) is -0.0571. The summed E-state index contributed by atoms with van der Waals surface area (Å²) in [5, 5.41) is 3.04. The van der Waals surface area contributed by atoms with Crippen LogP contribution in [0.25, 0.3) is 11.0 Å². The Balaban J connectivity index is 0.00000156. The summed E-state index contributed by atoms with van der Waals surface area (Å²) in [6.45, 7) is 0.388. The van der Waals surface area contributed by atoms with Crippen LogP contribution in [0.15, 0.2) is 21.7 Å². The molecule has 2 aromatic heterocycles. The fourth-order valence-electron chi connectivity index (χ4n) is 2.57. The van der Waals surface area contributed by atoms with Crippen LogP contribution < -0.4 is 22.3 Å². The number of pyridine rings is 1. The van der Waals surface area contributed by atoms with Crippen LogP contribution >= 0.6 is 24.8 Å². The van der Waals surface area contributed by atoms with Crippen molar-refractivity contribution in [2.45, 2.75) is 18.9 Å². The van der Waals surface area contributed by atoms with Crippen molar-refractivity contribution in [3.05, 3.63) is 38.7 Å². The molecule has 0 aromatic carbocycles. The van der Waals surface area contributed by atoms with Crippen molar-refractivity contribution in [1.82, 2.24) is 19.4 Å². The summed E-state index contributed by atoms with van der Waals surface area (Å²) in [5.74, 6) is 0.125. The maximum atomic E-state index is 12.2. The highest BCUT2D eigenvalue weighted by Crippen LogP contribution is 2.31. The fourth-order valence-corrected chi connectivity index (χ4v) is 2.57. The van der Waals surface area contributed by atoms with Crippen LogP contribution in [-0.4, -0.2) is 32.6 Å². The van der Waals surface area contributed by atoms with E-state index >= 15 is 0 Å². The maximum absolute atomic E-state index is 12.2. The first-order valence-electron chi connectivity index (χ1n) is 7.50. The Morgan fingerprint density at radius 2 is 1.92 bits per heavy atom. The Kier molecular flexibility index (Phi) is 6.75. The largest absolute Gasteiger partial charge is 0.349 e. The second-order valence-electron chi connectivity index (χ2n) is 5.98. The first kappa shape index (κ1) is 21.1. The number of amides is 1. The van der Waals surface area contributed by atoms with E-state index in [9.17, 15) is 14.4 Å². The van der Waals surface area contributed by atoms with Gasteiger partial charge >= 0.3 is 5.69 Å². The monoisotopic (exact) mass is 389 g/mol. The lowest BCUT2D eigenvalue weighted by atomic mass is 10.2. The average Bonchev–Trinajstić information content (AvgIpc) is 3.40. The van der Waals surface area contributed by atoms with Crippen LogP contribution in [0, 0.1) is 5.92 Å². The van der Waals surface area contributed by atoms with E-state index in [0.29, 0.717) is 17.8 Å². The molecule has 1 aliphatic rings. The highest BCUT2D eigenvalue weighted by molar-refractivity contribution is 5.94. The predicted molar refractivity (Wildman–Crippen MR) is 99.8 cm³/mol. The number of nitrogens with two attached hydrogens (primary N) is 1. The molecule has 0 spiro atoms. The number of nitrogens with zero attached hydrogens (tertiary/aromatic N) is 3. The van der Waals surface area contributed by atoms with E-state index in [1.807, 2.05) is 0 Å². The molecule has 0 saturated heterocycles. The van der Waals surface area contributed by atoms with Crippen molar-refractivity contribution in [2.24, 2.45) is 25.7 Å². The van der Waals surface area contributed by atoms with E-state index in [1.165, 1.54) is 30.8 Å². The van der Waals surface area contributed by atoms with E-state index in [1.54, 1.807) is 0 Å². The molecule has 10 heteroatoms. The van der Waals surface area contributed by atoms with Crippen molar-refractivity contribution in [3.8, 4) is 0 Å². The van der Waals surface area contributed by atoms with E-state index < -0.39 is 11.2 Å². The minimum absolute atomic E-state index is 0. The smallest absolute Gasteiger partial charge is 0.332 e. The second kappa shape index (κ2) is 7.99. The van der Waals surface area contributed by atoms with E-state index in [4.69, 9.17) is 5.73 Å². The van der Waals surface area contributed by atoms with E-state index in [2.05, 4.69) is 10.3 Å². The van der Waals surface area contributed by atoms with E-state index in [0.717, 1.165) is 17.4 Å². The van der Waals surface area contributed by atoms with Gasteiger partial charge in [0.25, 0.3) is 11.5 Å². The molecule has 1 saturated carbocycles. The van der Waals surface area contributed by atoms with Gasteiger partial charge in [-0.15, -0.1) is 24.8 Å². The van der Waals surface area contributed by atoms with Crippen LogP contribution in [-0.2, 0) is 14.1 Å². The molecule has 0 radical (unpaired) electrons. The summed E-state index contributed by atoms with van der Waals surface area (Å²) in [7, 11) is 2.92. The summed E-state index contributed by atoms with van der Waals surface area (Å²) in [6.07, 6.45) is 2.22. The summed E-state index contributed by atoms with van der Waals surface area (Å²) >= 11 is 0. The zero-order valence-corrected chi connectivity index (χ0v) is 15.5. The number of hydrogen-bond donors (Lipinski definition) is 2. The van der Waals surface area contributed by atoms with Crippen molar-refractivity contribution in [3.63, 3.8) is 0 Å². The van der Waals surface area contributed by atoms with Gasteiger partial charge in [-0.1, -0.05) is 0 Å². The third-order valence-corrected chi connectivity index (χ3v) is 4.26. The number of nitrogens with one attached hydrogen (secondary N) is 1. The van der Waals surface area contributed by atoms with E-state index in [-0.39, 0.29) is 48.1 Å². The number of aryl methyl sites for hydroxylation is 1. The molecule has 138 valence electrons. The number of hydrogen-bond acceptors (Lipinski definition) is 5. The van der Waals surface area contributed by atoms with Crippen LogP contribution in [0.1, 0.15) is 23.3 Å². The number of rotatable bonds is 4. The maximum Gasteiger partial charge on any atom is 0.332 e. The number of fused-ring (bicyclic) bond motifs is 1. The quantitative estimate of drug-likeness (QED) is 0.760. The van der Waals surface area contributed by atoms with Gasteiger partial charge in [0, 0.05) is 26.7 Å². The lowest BCUT2D eigenvalue weighted by molar-refractivity contribution is 0.0945. The normalized spacial score (nSPS) is 14.4. The molecule has 25 heavy (non-hydrogen) atoms. The zero-order chi connectivity index (χ0) is 16.7. The molecule has 2 aromatic rings. The van der Waals surface area contributed by atoms with Crippen molar-refractivity contribution in [2.75, 3.05) is 6.54 Å². The summed E-state index contributed by atoms with van der Waals surface area (Å²) in [4.78, 5) is 40.4. The Morgan fingerprint density at radius 1 is 1.28 bits per heavy atom. The molecule has 1 atom stereocenters. The minimum atomic E-state index is -0.483. The minimum Gasteiger partial charge on any atom is -0.349 e. The molecular weight excluding hydrogens is 369 g/mol. The molecule has 1 amide bonds. The van der Waals surface area contributed by atoms with Gasteiger partial charge in [0.1, 0.15) is 11.3 Å². The molecule has 0 bridgehead atoms. The van der Waals surface area contributed by atoms with Crippen molar-refractivity contribution >= 4 is 41.8 Å². The highest BCUT2D eigenvalue weighted by atomic mass is 35.5. The highest BCUT2D eigenvalue weighted by Gasteiger charge is 2.28. The van der Waals surface area contributed by atoms with Crippen molar-refractivity contribution < 1.29 is 4.79 Å². The van der Waals surface area contributed by atoms with Gasteiger partial charge in [-0.25, -0.2) is 9.78 Å². The fraction of sp³-hybridized carbons (Fsp3) is 0.467. The third-order valence-electron chi connectivity index (χ3n) is 4.26. The van der Waals surface area contributed by atoms with Crippen molar-refractivity contribution in [1.29, 1.82) is 0 Å². The first-order valence-corrected chi connectivity index (χ1v) is 7.50.